The zero-order chi connectivity index (χ0) is 14.0. The maximum Gasteiger partial charge on any atom is 0.504 e. The van der Waals surface area contributed by atoms with Crippen molar-refractivity contribution in [1.29, 1.82) is 0 Å². The Morgan fingerprint density at radius 3 is 1.89 bits per heavy atom. The third-order valence-electron chi connectivity index (χ3n) is 2.11. The van der Waals surface area contributed by atoms with E-state index in [1.165, 1.54) is 0 Å². The molecule has 0 aromatic rings. The van der Waals surface area contributed by atoms with Gasteiger partial charge in [-0.25, -0.2) is 4.79 Å². The maximum absolute atomic E-state index is 11.1. The highest BCUT2D eigenvalue weighted by Gasteiger charge is 2.42. The van der Waals surface area contributed by atoms with Crippen LogP contribution in [0.2, 0.25) is 6.04 Å². The Morgan fingerprint density at radius 1 is 1.16 bits per heavy atom. The van der Waals surface area contributed by atoms with Gasteiger partial charge < -0.3 is 18.0 Å². The molecule has 0 aromatic heterocycles. The van der Waals surface area contributed by atoms with E-state index < -0.39 is 14.8 Å². The highest BCUT2D eigenvalue weighted by atomic mass is 28.4. The van der Waals surface area contributed by atoms with Gasteiger partial charge in [0.15, 0.2) is 0 Å². The molecular weight excluding hydrogens is 280 g/mol. The van der Waals surface area contributed by atoms with E-state index >= 15 is 0 Å². The molecule has 5 nitrogen and oxygen atoms in total. The van der Waals surface area contributed by atoms with Crippen LogP contribution in [-0.2, 0) is 22.8 Å². The molecule has 114 valence electrons. The van der Waals surface area contributed by atoms with Gasteiger partial charge in [0.05, 0.1) is 6.04 Å². The molecule has 19 heavy (non-hydrogen) atoms. The van der Waals surface area contributed by atoms with Crippen LogP contribution < -0.4 is 0 Å². The van der Waals surface area contributed by atoms with Crippen LogP contribution in [0.4, 0.5) is 0 Å². The summed E-state index contributed by atoms with van der Waals surface area (Å²) in [6.45, 7) is 12.3. The second-order valence-electron chi connectivity index (χ2n) is 3.64. The van der Waals surface area contributed by atoms with E-state index in [-0.39, 0.29) is 17.1 Å². The van der Waals surface area contributed by atoms with Gasteiger partial charge in [0, 0.05) is 25.9 Å². The Morgan fingerprint density at radius 2 is 1.58 bits per heavy atom. The minimum atomic E-state index is -2.75. The molecule has 0 aliphatic heterocycles. The van der Waals surface area contributed by atoms with Gasteiger partial charge in [-0.2, -0.15) is 0 Å². The number of hydrogen-bond acceptors (Lipinski definition) is 5. The van der Waals surface area contributed by atoms with E-state index in [1.807, 2.05) is 20.8 Å². The second-order valence-corrected chi connectivity index (χ2v) is 6.28. The number of carbonyl (C=O) groups excluding carboxylic acids is 1. The van der Waals surface area contributed by atoms with Crippen LogP contribution >= 0.6 is 0 Å². The number of hydrogen-bond donors (Lipinski definition) is 0. The highest BCUT2D eigenvalue weighted by molar-refractivity contribution is 6.60. The fraction of sp³-hybridized carbons (Fsp3) is 0.750. The molecular formula is C12H28O5Si2. The Bertz CT molecular complexity index is 243. The van der Waals surface area contributed by atoms with Gasteiger partial charge in [-0.1, -0.05) is 6.58 Å². The first-order chi connectivity index (χ1) is 8.53. The van der Waals surface area contributed by atoms with Crippen molar-refractivity contribution in [3.63, 3.8) is 0 Å². The fourth-order valence-corrected chi connectivity index (χ4v) is 4.31. The SMILES string of the molecule is C=CC(=O)OC(C)C[Si](OCC)(OCC)OCC.[SiH4]. The lowest BCUT2D eigenvalue weighted by Crippen LogP contribution is -2.48. The topological polar surface area (TPSA) is 54.0 Å². The minimum absolute atomic E-state index is 0. The first kappa shape index (κ1) is 20.8. The van der Waals surface area contributed by atoms with E-state index in [4.69, 9.17) is 18.0 Å². The number of ether oxygens (including phenoxy) is 1. The van der Waals surface area contributed by atoms with Crippen LogP contribution in [0.5, 0.6) is 0 Å². The van der Waals surface area contributed by atoms with E-state index in [0.717, 1.165) is 6.08 Å². The third kappa shape index (κ3) is 8.32. The lowest BCUT2D eigenvalue weighted by molar-refractivity contribution is -0.141. The Labute approximate surface area is 121 Å². The molecule has 0 saturated carbocycles. The predicted octanol–water partition coefficient (Wildman–Crippen LogP) is 0.701. The molecule has 7 heteroatoms. The van der Waals surface area contributed by atoms with Gasteiger partial charge in [0.25, 0.3) is 0 Å². The normalized spacial score (nSPS) is 12.4. The van der Waals surface area contributed by atoms with Crippen LogP contribution in [0.1, 0.15) is 27.7 Å². The number of rotatable bonds is 10. The monoisotopic (exact) mass is 308 g/mol. The van der Waals surface area contributed by atoms with Gasteiger partial charge >= 0.3 is 14.8 Å². The molecule has 0 aliphatic rings. The summed E-state index contributed by atoms with van der Waals surface area (Å²) in [6, 6.07) is 0.447. The number of esters is 1. The molecule has 0 heterocycles. The van der Waals surface area contributed by atoms with E-state index in [9.17, 15) is 4.79 Å². The van der Waals surface area contributed by atoms with Crippen LogP contribution in [0.15, 0.2) is 12.7 Å². The second kappa shape index (κ2) is 11.4. The minimum Gasteiger partial charge on any atom is -0.460 e. The summed E-state index contributed by atoms with van der Waals surface area (Å²) < 4.78 is 22.2. The van der Waals surface area contributed by atoms with Crippen LogP contribution in [0.3, 0.4) is 0 Å². The first-order valence-electron chi connectivity index (χ1n) is 6.28. The molecule has 0 aliphatic carbocycles. The molecule has 0 rings (SSSR count). The lowest BCUT2D eigenvalue weighted by atomic mass is 10.5. The smallest absolute Gasteiger partial charge is 0.460 e. The van der Waals surface area contributed by atoms with Crippen molar-refractivity contribution in [2.45, 2.75) is 39.8 Å². The Kier molecular flexibility index (Phi) is 12.5. The van der Waals surface area contributed by atoms with Gasteiger partial charge in [-0.05, 0) is 38.7 Å². The summed E-state index contributed by atoms with van der Waals surface area (Å²) in [6.07, 6.45) is 0.814. The lowest BCUT2D eigenvalue weighted by Gasteiger charge is -2.30. The van der Waals surface area contributed by atoms with Crippen molar-refractivity contribution >= 4 is 25.7 Å². The molecule has 1 unspecified atom stereocenters. The van der Waals surface area contributed by atoms with Crippen molar-refractivity contribution in [1.82, 2.24) is 0 Å². The summed E-state index contributed by atoms with van der Waals surface area (Å²) in [5.41, 5.74) is 0. The van der Waals surface area contributed by atoms with Crippen LogP contribution in [0.25, 0.3) is 0 Å². The molecule has 0 saturated heterocycles. The van der Waals surface area contributed by atoms with Crippen molar-refractivity contribution in [2.75, 3.05) is 19.8 Å². The van der Waals surface area contributed by atoms with Crippen LogP contribution in [-0.4, -0.2) is 51.7 Å². The third-order valence-corrected chi connectivity index (χ3v) is 5.37. The van der Waals surface area contributed by atoms with Gasteiger partial charge in [-0.15, -0.1) is 0 Å². The molecule has 0 radical (unpaired) electrons. The Hall–Kier alpha value is -0.476. The zero-order valence-electron chi connectivity index (χ0n) is 11.7. The molecule has 0 aromatic carbocycles. The molecule has 0 fully saturated rings. The fourth-order valence-electron chi connectivity index (χ4n) is 1.60. The van der Waals surface area contributed by atoms with Gasteiger partial charge in [0.1, 0.15) is 6.10 Å². The Balaban J connectivity index is 0. The molecule has 1 atom stereocenters. The largest absolute Gasteiger partial charge is 0.504 e. The summed E-state index contributed by atoms with van der Waals surface area (Å²) in [4.78, 5) is 11.1. The average Bonchev–Trinajstić information content (AvgIpc) is 2.29. The van der Waals surface area contributed by atoms with Crippen molar-refractivity contribution in [3.05, 3.63) is 12.7 Å². The average molecular weight is 309 g/mol. The van der Waals surface area contributed by atoms with E-state index in [2.05, 4.69) is 6.58 Å². The number of carbonyl (C=O) groups is 1. The molecule has 0 bridgehead atoms. The molecule has 0 spiro atoms. The zero-order valence-corrected chi connectivity index (χ0v) is 12.7. The van der Waals surface area contributed by atoms with Crippen molar-refractivity contribution < 1.29 is 22.8 Å². The van der Waals surface area contributed by atoms with Crippen LogP contribution in [0, 0.1) is 0 Å². The predicted molar refractivity (Wildman–Crippen MR) is 82.5 cm³/mol. The first-order valence-corrected chi connectivity index (χ1v) is 8.21. The summed E-state index contributed by atoms with van der Waals surface area (Å²) >= 11 is 0. The van der Waals surface area contributed by atoms with Gasteiger partial charge in [0.2, 0.25) is 0 Å². The van der Waals surface area contributed by atoms with E-state index in [1.54, 1.807) is 6.92 Å². The van der Waals surface area contributed by atoms with Gasteiger partial charge in [-0.3, -0.25) is 0 Å². The highest BCUT2D eigenvalue weighted by Crippen LogP contribution is 2.20. The molecule has 0 N–H and O–H groups in total. The van der Waals surface area contributed by atoms with Crippen molar-refractivity contribution in [2.24, 2.45) is 0 Å². The quantitative estimate of drug-likeness (QED) is 0.338. The maximum atomic E-state index is 11.1. The molecule has 0 amide bonds. The summed E-state index contributed by atoms with van der Waals surface area (Å²) in [7, 11) is -2.75. The van der Waals surface area contributed by atoms with E-state index in [0.29, 0.717) is 25.9 Å². The standard InChI is InChI=1S/C12H24O5Si.H4Si/c1-6-12(13)17-11(5)10-18(14-7-2,15-8-3)16-9-4;/h6,11H,1,7-10H2,2-5H3;1H4. The van der Waals surface area contributed by atoms with Crippen molar-refractivity contribution in [3.8, 4) is 0 Å². The summed E-state index contributed by atoms with van der Waals surface area (Å²) in [5, 5.41) is 0. The summed E-state index contributed by atoms with van der Waals surface area (Å²) in [5.74, 6) is -0.449.